The van der Waals surface area contributed by atoms with E-state index in [0.717, 1.165) is 0 Å². The predicted octanol–water partition coefficient (Wildman–Crippen LogP) is 1.05. The SMILES string of the molecule is Nc1c([N+](=O)[O-])ccc2[nH]cnc12. The van der Waals surface area contributed by atoms with Crippen LogP contribution in [0.1, 0.15) is 0 Å². The number of hydrogen-bond acceptors (Lipinski definition) is 4. The Kier molecular flexibility index (Phi) is 1.42. The van der Waals surface area contributed by atoms with Crippen LogP contribution in [0.3, 0.4) is 0 Å². The van der Waals surface area contributed by atoms with Crippen molar-refractivity contribution in [3.05, 3.63) is 28.6 Å². The molecule has 2 rings (SSSR count). The Hall–Kier alpha value is -2.11. The van der Waals surface area contributed by atoms with Crippen molar-refractivity contribution >= 4 is 22.4 Å². The molecule has 0 saturated carbocycles. The first-order valence-corrected chi connectivity index (χ1v) is 3.56. The van der Waals surface area contributed by atoms with Crippen molar-refractivity contribution in [2.24, 2.45) is 0 Å². The van der Waals surface area contributed by atoms with Crippen molar-refractivity contribution in [3.8, 4) is 0 Å². The van der Waals surface area contributed by atoms with Gasteiger partial charge in [-0.2, -0.15) is 0 Å². The average Bonchev–Trinajstić information content (AvgIpc) is 2.52. The van der Waals surface area contributed by atoms with E-state index in [9.17, 15) is 10.1 Å². The summed E-state index contributed by atoms with van der Waals surface area (Å²) in [5.74, 6) is 0. The topological polar surface area (TPSA) is 97.8 Å². The minimum absolute atomic E-state index is 0.101. The van der Waals surface area contributed by atoms with Crippen LogP contribution in [0.4, 0.5) is 11.4 Å². The molecule has 0 fully saturated rings. The molecule has 0 aliphatic heterocycles. The molecule has 1 aromatic carbocycles. The molecule has 0 atom stereocenters. The number of anilines is 1. The van der Waals surface area contributed by atoms with Crippen molar-refractivity contribution < 1.29 is 4.92 Å². The highest BCUT2D eigenvalue weighted by molar-refractivity contribution is 5.91. The van der Waals surface area contributed by atoms with Gasteiger partial charge >= 0.3 is 0 Å². The standard InChI is InChI=1S/C7H6N4O2/c8-6-5(11(12)13)2-1-4-7(6)10-3-9-4/h1-3H,8H2,(H,9,10). The lowest BCUT2D eigenvalue weighted by Crippen LogP contribution is -1.95. The van der Waals surface area contributed by atoms with E-state index in [1.165, 1.54) is 12.4 Å². The second kappa shape index (κ2) is 2.44. The number of aromatic nitrogens is 2. The zero-order chi connectivity index (χ0) is 9.42. The molecule has 0 amide bonds. The maximum absolute atomic E-state index is 10.5. The quantitative estimate of drug-likeness (QED) is 0.387. The minimum atomic E-state index is -0.524. The molecule has 0 aliphatic carbocycles. The molecule has 0 bridgehead atoms. The third-order valence-electron chi connectivity index (χ3n) is 1.80. The first kappa shape index (κ1) is 7.53. The minimum Gasteiger partial charge on any atom is -0.391 e. The molecule has 0 saturated heterocycles. The van der Waals surface area contributed by atoms with Crippen molar-refractivity contribution in [2.75, 3.05) is 5.73 Å². The number of nitro groups is 1. The van der Waals surface area contributed by atoms with Gasteiger partial charge in [0.25, 0.3) is 5.69 Å². The molecular formula is C7H6N4O2. The van der Waals surface area contributed by atoms with E-state index >= 15 is 0 Å². The molecule has 6 heteroatoms. The number of aromatic amines is 1. The number of imidazole rings is 1. The van der Waals surface area contributed by atoms with E-state index in [-0.39, 0.29) is 11.4 Å². The van der Waals surface area contributed by atoms with Crippen LogP contribution in [-0.2, 0) is 0 Å². The van der Waals surface area contributed by atoms with Crippen LogP contribution in [0, 0.1) is 10.1 Å². The first-order chi connectivity index (χ1) is 6.20. The summed E-state index contributed by atoms with van der Waals surface area (Å²) in [6, 6.07) is 2.94. The molecule has 6 nitrogen and oxygen atoms in total. The number of hydrogen-bond donors (Lipinski definition) is 2. The van der Waals surface area contributed by atoms with Gasteiger partial charge in [-0.3, -0.25) is 10.1 Å². The normalized spacial score (nSPS) is 10.5. The number of nitro benzene ring substituents is 1. The lowest BCUT2D eigenvalue weighted by atomic mass is 10.2. The number of fused-ring (bicyclic) bond motifs is 1. The molecule has 2 aromatic rings. The zero-order valence-electron chi connectivity index (χ0n) is 6.52. The second-order valence-corrected chi connectivity index (χ2v) is 2.55. The maximum Gasteiger partial charge on any atom is 0.294 e. The van der Waals surface area contributed by atoms with Crippen LogP contribution < -0.4 is 5.73 Å². The summed E-state index contributed by atoms with van der Waals surface area (Å²) in [5.41, 5.74) is 6.67. The summed E-state index contributed by atoms with van der Waals surface area (Å²) >= 11 is 0. The van der Waals surface area contributed by atoms with Crippen LogP contribution in [-0.4, -0.2) is 14.9 Å². The smallest absolute Gasteiger partial charge is 0.294 e. The fourth-order valence-corrected chi connectivity index (χ4v) is 1.18. The van der Waals surface area contributed by atoms with Crippen molar-refractivity contribution in [3.63, 3.8) is 0 Å². The van der Waals surface area contributed by atoms with Crippen molar-refractivity contribution in [2.45, 2.75) is 0 Å². The van der Waals surface area contributed by atoms with Gasteiger partial charge in [-0.15, -0.1) is 0 Å². The Morgan fingerprint density at radius 1 is 1.54 bits per heavy atom. The lowest BCUT2D eigenvalue weighted by Gasteiger charge is -1.96. The van der Waals surface area contributed by atoms with Gasteiger partial charge in [0.1, 0.15) is 11.2 Å². The van der Waals surface area contributed by atoms with Crippen molar-refractivity contribution in [1.29, 1.82) is 0 Å². The molecular weight excluding hydrogens is 172 g/mol. The van der Waals surface area contributed by atoms with Gasteiger partial charge in [-0.25, -0.2) is 4.98 Å². The summed E-state index contributed by atoms with van der Waals surface area (Å²) in [6.07, 6.45) is 1.45. The lowest BCUT2D eigenvalue weighted by molar-refractivity contribution is -0.383. The Morgan fingerprint density at radius 3 is 3.00 bits per heavy atom. The molecule has 1 aromatic heterocycles. The van der Waals surface area contributed by atoms with E-state index in [2.05, 4.69) is 9.97 Å². The van der Waals surface area contributed by atoms with Gasteiger partial charge in [-0.1, -0.05) is 0 Å². The maximum atomic E-state index is 10.5. The Labute approximate surface area is 72.5 Å². The third kappa shape index (κ3) is 0.994. The highest BCUT2D eigenvalue weighted by Gasteiger charge is 2.14. The van der Waals surface area contributed by atoms with Crippen LogP contribution >= 0.6 is 0 Å². The Bertz CT molecular complexity index is 476. The largest absolute Gasteiger partial charge is 0.391 e. The number of nitrogens with zero attached hydrogens (tertiary/aromatic N) is 2. The van der Waals surface area contributed by atoms with Crippen LogP contribution in [0.2, 0.25) is 0 Å². The molecule has 0 unspecified atom stereocenters. The summed E-state index contributed by atoms with van der Waals surface area (Å²) < 4.78 is 0. The van der Waals surface area contributed by atoms with Gasteiger partial charge < -0.3 is 10.7 Å². The summed E-state index contributed by atoms with van der Waals surface area (Å²) in [6.45, 7) is 0. The first-order valence-electron chi connectivity index (χ1n) is 3.56. The van der Waals surface area contributed by atoms with Crippen LogP contribution in [0.25, 0.3) is 11.0 Å². The van der Waals surface area contributed by atoms with Crippen LogP contribution in [0.15, 0.2) is 18.5 Å². The monoisotopic (exact) mass is 178 g/mol. The fraction of sp³-hybridized carbons (Fsp3) is 0. The number of nitrogens with two attached hydrogens (primary N) is 1. The predicted molar refractivity (Wildman–Crippen MR) is 47.2 cm³/mol. The van der Waals surface area contributed by atoms with E-state index in [0.29, 0.717) is 11.0 Å². The Morgan fingerprint density at radius 2 is 2.31 bits per heavy atom. The van der Waals surface area contributed by atoms with E-state index < -0.39 is 4.92 Å². The highest BCUT2D eigenvalue weighted by atomic mass is 16.6. The Balaban J connectivity index is 2.80. The van der Waals surface area contributed by atoms with E-state index in [1.807, 2.05) is 0 Å². The second-order valence-electron chi connectivity index (χ2n) is 2.55. The van der Waals surface area contributed by atoms with E-state index in [4.69, 9.17) is 5.73 Å². The number of nitrogen functional groups attached to an aromatic ring is 1. The summed E-state index contributed by atoms with van der Waals surface area (Å²) in [5, 5.41) is 10.5. The molecule has 0 spiro atoms. The molecule has 13 heavy (non-hydrogen) atoms. The molecule has 3 N–H and O–H groups in total. The third-order valence-corrected chi connectivity index (χ3v) is 1.80. The fourth-order valence-electron chi connectivity index (χ4n) is 1.18. The summed E-state index contributed by atoms with van der Waals surface area (Å²) in [4.78, 5) is 16.6. The average molecular weight is 178 g/mol. The van der Waals surface area contributed by atoms with E-state index in [1.54, 1.807) is 6.07 Å². The van der Waals surface area contributed by atoms with Gasteiger partial charge in [0.2, 0.25) is 0 Å². The zero-order valence-corrected chi connectivity index (χ0v) is 6.52. The summed E-state index contributed by atoms with van der Waals surface area (Å²) in [7, 11) is 0. The van der Waals surface area contributed by atoms with Crippen LogP contribution in [0.5, 0.6) is 0 Å². The van der Waals surface area contributed by atoms with Crippen molar-refractivity contribution in [1.82, 2.24) is 9.97 Å². The van der Waals surface area contributed by atoms with Gasteiger partial charge in [-0.05, 0) is 6.07 Å². The number of benzene rings is 1. The molecule has 0 aliphatic rings. The number of rotatable bonds is 1. The van der Waals surface area contributed by atoms with Gasteiger partial charge in [0.15, 0.2) is 0 Å². The molecule has 1 heterocycles. The molecule has 66 valence electrons. The number of nitrogens with one attached hydrogen (secondary N) is 1. The van der Waals surface area contributed by atoms with Gasteiger partial charge in [0, 0.05) is 6.07 Å². The van der Waals surface area contributed by atoms with Gasteiger partial charge in [0.05, 0.1) is 16.8 Å². The molecule has 0 radical (unpaired) electrons. The number of H-pyrrole nitrogens is 1. The highest BCUT2D eigenvalue weighted by Crippen LogP contribution is 2.27.